The van der Waals surface area contributed by atoms with Gasteiger partial charge in [-0.25, -0.2) is 9.78 Å². The van der Waals surface area contributed by atoms with Crippen LogP contribution in [0.5, 0.6) is 10.9 Å². The van der Waals surface area contributed by atoms with Crippen LogP contribution in [0.4, 0.5) is 0 Å². The van der Waals surface area contributed by atoms with E-state index in [0.717, 1.165) is 10.4 Å². The predicted molar refractivity (Wildman–Crippen MR) is 74.2 cm³/mol. The van der Waals surface area contributed by atoms with Gasteiger partial charge in [-0.2, -0.15) is 0 Å². The van der Waals surface area contributed by atoms with Crippen LogP contribution in [0.3, 0.4) is 0 Å². The van der Waals surface area contributed by atoms with Gasteiger partial charge in [0.25, 0.3) is 5.19 Å². The highest BCUT2D eigenvalue weighted by atomic mass is 32.1. The molecular weight excluding hydrogens is 278 g/mol. The molecule has 6 heteroatoms. The van der Waals surface area contributed by atoms with Crippen LogP contribution in [0.2, 0.25) is 0 Å². The molecule has 0 spiro atoms. The molecule has 2 heterocycles. The Hall–Kier alpha value is -2.08. The average Bonchev–Trinajstić information content (AvgIpc) is 2.85. The van der Waals surface area contributed by atoms with Crippen molar-refractivity contribution in [2.24, 2.45) is 0 Å². The topological polar surface area (TPSA) is 57.7 Å². The standard InChI is InChI=1S/C14H13NO4S/c1-14(2)18-9-6-4-5-8(11(9)12(16)19-14)10-7-15-13(17-3)20-10/h4-7H,1-3H3. The van der Waals surface area contributed by atoms with Crippen LogP contribution in [-0.4, -0.2) is 23.9 Å². The Labute approximate surface area is 120 Å². The van der Waals surface area contributed by atoms with Gasteiger partial charge in [-0.1, -0.05) is 23.5 Å². The summed E-state index contributed by atoms with van der Waals surface area (Å²) >= 11 is 1.36. The molecule has 0 bridgehead atoms. The molecule has 2 aromatic rings. The minimum absolute atomic E-state index is 0.390. The maximum atomic E-state index is 12.2. The number of benzene rings is 1. The second-order valence-electron chi connectivity index (χ2n) is 4.76. The molecule has 0 saturated heterocycles. The van der Waals surface area contributed by atoms with Crippen molar-refractivity contribution in [2.75, 3.05) is 7.11 Å². The zero-order chi connectivity index (χ0) is 14.3. The van der Waals surface area contributed by atoms with Gasteiger partial charge in [0.2, 0.25) is 5.79 Å². The van der Waals surface area contributed by atoms with Crippen molar-refractivity contribution in [2.45, 2.75) is 19.6 Å². The zero-order valence-electron chi connectivity index (χ0n) is 11.3. The molecule has 0 radical (unpaired) electrons. The molecule has 0 N–H and O–H groups in total. The molecule has 104 valence electrons. The van der Waals surface area contributed by atoms with Crippen LogP contribution < -0.4 is 9.47 Å². The summed E-state index contributed by atoms with van der Waals surface area (Å²) in [5.74, 6) is -0.816. The van der Waals surface area contributed by atoms with Gasteiger partial charge in [0.15, 0.2) is 0 Å². The van der Waals surface area contributed by atoms with Crippen molar-refractivity contribution in [3.8, 4) is 21.4 Å². The van der Waals surface area contributed by atoms with Crippen LogP contribution in [0, 0.1) is 0 Å². The lowest BCUT2D eigenvalue weighted by Gasteiger charge is -2.32. The van der Waals surface area contributed by atoms with E-state index in [9.17, 15) is 4.79 Å². The number of hydrogen-bond acceptors (Lipinski definition) is 6. The van der Waals surface area contributed by atoms with Crippen molar-refractivity contribution < 1.29 is 19.0 Å². The first-order valence-electron chi connectivity index (χ1n) is 6.06. The Balaban J connectivity index is 2.13. The van der Waals surface area contributed by atoms with E-state index in [1.807, 2.05) is 12.1 Å². The molecule has 0 atom stereocenters. The van der Waals surface area contributed by atoms with Crippen molar-refractivity contribution >= 4 is 17.3 Å². The second-order valence-corrected chi connectivity index (χ2v) is 5.76. The maximum absolute atomic E-state index is 12.2. The van der Waals surface area contributed by atoms with Gasteiger partial charge in [-0.05, 0) is 6.07 Å². The van der Waals surface area contributed by atoms with E-state index in [1.54, 1.807) is 33.2 Å². The smallest absolute Gasteiger partial charge is 0.345 e. The summed E-state index contributed by atoms with van der Waals surface area (Å²) in [5.41, 5.74) is 1.17. The zero-order valence-corrected chi connectivity index (χ0v) is 12.1. The summed E-state index contributed by atoms with van der Waals surface area (Å²) in [6, 6.07) is 5.45. The fourth-order valence-corrected chi connectivity index (χ4v) is 2.83. The summed E-state index contributed by atoms with van der Waals surface area (Å²) in [4.78, 5) is 17.2. The molecule has 0 aliphatic carbocycles. The molecule has 0 fully saturated rings. The van der Waals surface area contributed by atoms with Crippen LogP contribution >= 0.6 is 11.3 Å². The Morgan fingerprint density at radius 3 is 2.80 bits per heavy atom. The van der Waals surface area contributed by atoms with Crippen molar-refractivity contribution in [1.82, 2.24) is 4.98 Å². The maximum Gasteiger partial charge on any atom is 0.345 e. The third kappa shape index (κ3) is 2.12. The summed E-state index contributed by atoms with van der Waals surface area (Å²) in [5, 5.41) is 0.544. The number of rotatable bonds is 2. The van der Waals surface area contributed by atoms with E-state index in [0.29, 0.717) is 16.5 Å². The molecule has 0 unspecified atom stereocenters. The minimum Gasteiger partial charge on any atom is -0.473 e. The Kier molecular flexibility index (Phi) is 2.90. The van der Waals surface area contributed by atoms with Gasteiger partial charge >= 0.3 is 5.97 Å². The predicted octanol–water partition coefficient (Wildman–Crippen LogP) is 3.10. The first kappa shape index (κ1) is 12.9. The molecule has 1 aromatic carbocycles. The van der Waals surface area contributed by atoms with E-state index in [4.69, 9.17) is 14.2 Å². The highest BCUT2D eigenvalue weighted by Crippen LogP contribution is 2.40. The fraction of sp³-hybridized carbons (Fsp3) is 0.286. The second kappa shape index (κ2) is 4.49. The highest BCUT2D eigenvalue weighted by molar-refractivity contribution is 7.16. The van der Waals surface area contributed by atoms with E-state index >= 15 is 0 Å². The van der Waals surface area contributed by atoms with Gasteiger partial charge in [-0.15, -0.1) is 0 Å². The summed E-state index contributed by atoms with van der Waals surface area (Å²) in [6.07, 6.45) is 1.67. The number of aromatic nitrogens is 1. The number of thiazole rings is 1. The largest absolute Gasteiger partial charge is 0.473 e. The molecular formula is C14H13NO4S. The third-order valence-corrected chi connectivity index (χ3v) is 3.84. The normalized spacial score (nSPS) is 16.1. The lowest BCUT2D eigenvalue weighted by atomic mass is 10.0. The summed E-state index contributed by atoms with van der Waals surface area (Å²) in [7, 11) is 1.56. The number of esters is 1. The minimum atomic E-state index is -0.950. The number of carbonyl (C=O) groups excluding carboxylic acids is 1. The summed E-state index contributed by atoms with van der Waals surface area (Å²) in [6.45, 7) is 3.41. The number of methoxy groups -OCH3 is 1. The van der Waals surface area contributed by atoms with Crippen molar-refractivity contribution in [1.29, 1.82) is 0 Å². The van der Waals surface area contributed by atoms with Crippen molar-refractivity contribution in [3.63, 3.8) is 0 Å². The van der Waals surface area contributed by atoms with Crippen LogP contribution in [0.1, 0.15) is 24.2 Å². The number of ether oxygens (including phenoxy) is 3. The molecule has 1 aliphatic rings. The first-order valence-corrected chi connectivity index (χ1v) is 6.87. The quantitative estimate of drug-likeness (QED) is 0.796. The van der Waals surface area contributed by atoms with Gasteiger partial charge in [0.05, 0.1) is 12.0 Å². The fourth-order valence-electron chi connectivity index (χ4n) is 2.07. The monoisotopic (exact) mass is 291 g/mol. The Morgan fingerprint density at radius 1 is 1.30 bits per heavy atom. The molecule has 5 nitrogen and oxygen atoms in total. The lowest BCUT2D eigenvalue weighted by molar-refractivity contribution is -0.127. The van der Waals surface area contributed by atoms with E-state index < -0.39 is 5.79 Å². The SMILES string of the molecule is COc1ncc(-c2cccc3c2C(=O)OC(C)(C)O3)s1. The average molecular weight is 291 g/mol. The van der Waals surface area contributed by atoms with Crippen LogP contribution in [0.25, 0.3) is 10.4 Å². The lowest BCUT2D eigenvalue weighted by Crippen LogP contribution is -2.39. The Morgan fingerprint density at radius 2 is 2.10 bits per heavy atom. The van der Waals surface area contributed by atoms with Crippen LogP contribution in [0.15, 0.2) is 24.4 Å². The Bertz CT molecular complexity index is 678. The van der Waals surface area contributed by atoms with E-state index in [2.05, 4.69) is 4.98 Å². The van der Waals surface area contributed by atoms with Gasteiger partial charge in [0, 0.05) is 25.6 Å². The van der Waals surface area contributed by atoms with Gasteiger partial charge in [-0.3, -0.25) is 0 Å². The highest BCUT2D eigenvalue weighted by Gasteiger charge is 2.35. The third-order valence-electron chi connectivity index (χ3n) is 2.85. The van der Waals surface area contributed by atoms with Gasteiger partial charge in [0.1, 0.15) is 11.3 Å². The van der Waals surface area contributed by atoms with Crippen LogP contribution in [-0.2, 0) is 4.74 Å². The number of hydrogen-bond donors (Lipinski definition) is 0. The summed E-state index contributed by atoms with van der Waals surface area (Å²) < 4.78 is 16.1. The number of carbonyl (C=O) groups is 1. The molecule has 1 aromatic heterocycles. The molecule has 0 amide bonds. The number of fused-ring (bicyclic) bond motifs is 1. The van der Waals surface area contributed by atoms with Gasteiger partial charge < -0.3 is 14.2 Å². The molecule has 3 rings (SSSR count). The molecule has 1 aliphatic heterocycles. The number of nitrogens with zero attached hydrogens (tertiary/aromatic N) is 1. The van der Waals surface area contributed by atoms with E-state index in [1.165, 1.54) is 11.3 Å². The number of cyclic esters (lactones) is 1. The molecule has 20 heavy (non-hydrogen) atoms. The first-order chi connectivity index (χ1) is 9.50. The van der Waals surface area contributed by atoms with Crippen molar-refractivity contribution in [3.05, 3.63) is 30.0 Å². The van der Waals surface area contributed by atoms with E-state index in [-0.39, 0.29) is 5.97 Å². The molecule has 0 saturated carbocycles.